The van der Waals surface area contributed by atoms with Crippen molar-refractivity contribution in [3.8, 4) is 12.3 Å². The van der Waals surface area contributed by atoms with Crippen molar-refractivity contribution in [1.29, 1.82) is 0 Å². The van der Waals surface area contributed by atoms with Gasteiger partial charge in [0.2, 0.25) is 0 Å². The highest BCUT2D eigenvalue weighted by Gasteiger charge is 1.98. The van der Waals surface area contributed by atoms with Crippen molar-refractivity contribution in [3.63, 3.8) is 0 Å². The van der Waals surface area contributed by atoms with Gasteiger partial charge in [-0.05, 0) is 31.8 Å². The number of hydrogen-bond donors (Lipinski definition) is 1. The zero-order valence-corrected chi connectivity index (χ0v) is 8.81. The van der Waals surface area contributed by atoms with Crippen LogP contribution in [-0.4, -0.2) is 26.8 Å². The van der Waals surface area contributed by atoms with E-state index in [0.717, 1.165) is 32.5 Å². The fraction of sp³-hybridized carbons (Fsp3) is 0.818. The maximum Gasteiger partial charge on any atom is 0.0499 e. The molecule has 0 rings (SSSR count). The van der Waals surface area contributed by atoms with E-state index < -0.39 is 0 Å². The molecule has 0 aliphatic rings. The van der Waals surface area contributed by atoms with Crippen LogP contribution in [0.5, 0.6) is 0 Å². The lowest BCUT2D eigenvalue weighted by Gasteiger charge is -2.10. The molecule has 76 valence electrons. The smallest absolute Gasteiger partial charge is 0.0499 e. The summed E-state index contributed by atoms with van der Waals surface area (Å²) in [6.07, 6.45) is 8.34. The van der Waals surface area contributed by atoms with E-state index in [1.807, 2.05) is 0 Å². The van der Waals surface area contributed by atoms with Crippen LogP contribution < -0.4 is 5.32 Å². The molecule has 2 nitrogen and oxygen atoms in total. The first-order valence-corrected chi connectivity index (χ1v) is 4.94. The summed E-state index contributed by atoms with van der Waals surface area (Å²) in [5, 5.41) is 3.38. The van der Waals surface area contributed by atoms with Gasteiger partial charge in [-0.2, -0.15) is 0 Å². The molecule has 0 aromatic carbocycles. The Bertz CT molecular complexity index is 140. The third kappa shape index (κ3) is 9.39. The summed E-state index contributed by atoms with van der Waals surface area (Å²) in [7, 11) is 1.74. The maximum absolute atomic E-state index is 5.14. The number of unbranched alkanes of at least 4 members (excludes halogenated alkanes) is 2. The van der Waals surface area contributed by atoms with Gasteiger partial charge in [0.1, 0.15) is 0 Å². The minimum atomic E-state index is 0.595. The Morgan fingerprint density at radius 2 is 2.23 bits per heavy atom. The Kier molecular flexibility index (Phi) is 9.18. The van der Waals surface area contributed by atoms with Gasteiger partial charge >= 0.3 is 0 Å². The van der Waals surface area contributed by atoms with Gasteiger partial charge in [0.15, 0.2) is 0 Å². The van der Waals surface area contributed by atoms with E-state index in [0.29, 0.717) is 5.92 Å². The minimum Gasteiger partial charge on any atom is -0.384 e. The third-order valence-corrected chi connectivity index (χ3v) is 1.87. The molecule has 2 heteroatoms. The summed E-state index contributed by atoms with van der Waals surface area (Å²) in [6.45, 7) is 5.11. The molecule has 1 N–H and O–H groups in total. The highest BCUT2D eigenvalue weighted by atomic mass is 16.5. The molecular formula is C11H21NO. The SMILES string of the molecule is C#CCCCCNCC(C)COC. The molecule has 0 saturated carbocycles. The van der Waals surface area contributed by atoms with Crippen LogP contribution in [0.25, 0.3) is 0 Å². The molecule has 0 amide bonds. The zero-order chi connectivity index (χ0) is 9.94. The van der Waals surface area contributed by atoms with Gasteiger partial charge in [-0.1, -0.05) is 6.92 Å². The lowest BCUT2D eigenvalue weighted by Crippen LogP contribution is -2.24. The topological polar surface area (TPSA) is 21.3 Å². The van der Waals surface area contributed by atoms with Crippen LogP contribution >= 0.6 is 0 Å². The average molecular weight is 183 g/mol. The van der Waals surface area contributed by atoms with Gasteiger partial charge in [0, 0.05) is 20.1 Å². The predicted octanol–water partition coefficient (Wildman–Crippen LogP) is 1.66. The van der Waals surface area contributed by atoms with Crippen molar-refractivity contribution in [3.05, 3.63) is 0 Å². The van der Waals surface area contributed by atoms with Crippen LogP contribution in [0.2, 0.25) is 0 Å². The lowest BCUT2D eigenvalue weighted by atomic mass is 10.2. The number of methoxy groups -OCH3 is 1. The van der Waals surface area contributed by atoms with Crippen LogP contribution in [0.1, 0.15) is 26.2 Å². The predicted molar refractivity (Wildman–Crippen MR) is 56.6 cm³/mol. The summed E-state index contributed by atoms with van der Waals surface area (Å²) in [6, 6.07) is 0. The van der Waals surface area contributed by atoms with Crippen molar-refractivity contribution in [2.45, 2.75) is 26.2 Å². The monoisotopic (exact) mass is 183 g/mol. The molecule has 1 atom stereocenters. The molecule has 0 saturated heterocycles. The van der Waals surface area contributed by atoms with Gasteiger partial charge in [0.25, 0.3) is 0 Å². The molecular weight excluding hydrogens is 162 g/mol. The largest absolute Gasteiger partial charge is 0.384 e. The molecule has 0 bridgehead atoms. The third-order valence-electron chi connectivity index (χ3n) is 1.87. The summed E-state index contributed by atoms with van der Waals surface area (Å²) >= 11 is 0. The Morgan fingerprint density at radius 3 is 2.85 bits per heavy atom. The highest BCUT2D eigenvalue weighted by Crippen LogP contribution is 1.94. The summed E-state index contributed by atoms with van der Waals surface area (Å²) in [5.74, 6) is 3.23. The molecule has 0 fully saturated rings. The van der Waals surface area contributed by atoms with E-state index >= 15 is 0 Å². The molecule has 0 aromatic heterocycles. The Balaban J connectivity index is 3.03. The second-order valence-electron chi connectivity index (χ2n) is 3.43. The Hall–Kier alpha value is -0.520. The molecule has 13 heavy (non-hydrogen) atoms. The lowest BCUT2D eigenvalue weighted by molar-refractivity contribution is 0.158. The first kappa shape index (κ1) is 12.5. The van der Waals surface area contributed by atoms with E-state index in [2.05, 4.69) is 18.2 Å². The first-order chi connectivity index (χ1) is 6.31. The summed E-state index contributed by atoms with van der Waals surface area (Å²) < 4.78 is 5.03. The van der Waals surface area contributed by atoms with Crippen LogP contribution in [0, 0.1) is 18.3 Å². The van der Waals surface area contributed by atoms with Gasteiger partial charge in [-0.15, -0.1) is 12.3 Å². The minimum absolute atomic E-state index is 0.595. The molecule has 0 radical (unpaired) electrons. The average Bonchev–Trinajstić information content (AvgIpc) is 2.11. The second kappa shape index (κ2) is 9.57. The van der Waals surface area contributed by atoms with Crippen LogP contribution in [0.3, 0.4) is 0 Å². The fourth-order valence-electron chi connectivity index (χ4n) is 1.17. The maximum atomic E-state index is 5.14. The first-order valence-electron chi connectivity index (χ1n) is 4.94. The van der Waals surface area contributed by atoms with Crippen LogP contribution in [0.4, 0.5) is 0 Å². The van der Waals surface area contributed by atoms with Crippen LogP contribution in [-0.2, 0) is 4.74 Å². The van der Waals surface area contributed by atoms with E-state index in [1.165, 1.54) is 6.42 Å². The zero-order valence-electron chi connectivity index (χ0n) is 8.81. The summed E-state index contributed by atoms with van der Waals surface area (Å²) in [5.41, 5.74) is 0. The van der Waals surface area contributed by atoms with E-state index in [4.69, 9.17) is 11.2 Å². The standard InChI is InChI=1S/C11H21NO/c1-4-5-6-7-8-12-9-11(2)10-13-3/h1,11-12H,5-10H2,2-3H3. The quantitative estimate of drug-likeness (QED) is 0.456. The van der Waals surface area contributed by atoms with Crippen molar-refractivity contribution >= 4 is 0 Å². The molecule has 0 heterocycles. The molecule has 0 spiro atoms. The van der Waals surface area contributed by atoms with E-state index in [1.54, 1.807) is 7.11 Å². The molecule has 0 aliphatic carbocycles. The fourth-order valence-corrected chi connectivity index (χ4v) is 1.17. The Labute approximate surface area is 82.1 Å². The number of ether oxygens (including phenoxy) is 1. The number of rotatable bonds is 8. The summed E-state index contributed by atoms with van der Waals surface area (Å²) in [4.78, 5) is 0. The number of terminal acetylenes is 1. The van der Waals surface area contributed by atoms with Gasteiger partial charge in [-0.25, -0.2) is 0 Å². The molecule has 0 aromatic rings. The van der Waals surface area contributed by atoms with Crippen molar-refractivity contribution in [2.75, 3.05) is 26.8 Å². The molecule has 0 aliphatic heterocycles. The number of nitrogens with one attached hydrogen (secondary N) is 1. The normalized spacial score (nSPS) is 12.4. The highest BCUT2D eigenvalue weighted by molar-refractivity contribution is 4.82. The van der Waals surface area contributed by atoms with Gasteiger partial charge < -0.3 is 10.1 Å². The van der Waals surface area contributed by atoms with Gasteiger partial charge in [0.05, 0.1) is 0 Å². The van der Waals surface area contributed by atoms with Gasteiger partial charge in [-0.3, -0.25) is 0 Å². The van der Waals surface area contributed by atoms with E-state index in [9.17, 15) is 0 Å². The van der Waals surface area contributed by atoms with Crippen molar-refractivity contribution < 1.29 is 4.74 Å². The van der Waals surface area contributed by atoms with Crippen LogP contribution in [0.15, 0.2) is 0 Å². The second-order valence-corrected chi connectivity index (χ2v) is 3.43. The Morgan fingerprint density at radius 1 is 1.46 bits per heavy atom. The van der Waals surface area contributed by atoms with Crippen molar-refractivity contribution in [2.24, 2.45) is 5.92 Å². The van der Waals surface area contributed by atoms with Crippen molar-refractivity contribution in [1.82, 2.24) is 5.32 Å². The number of hydrogen-bond acceptors (Lipinski definition) is 2. The van der Waals surface area contributed by atoms with E-state index in [-0.39, 0.29) is 0 Å². The molecule has 1 unspecified atom stereocenters.